The Morgan fingerprint density at radius 3 is 2.73 bits per heavy atom. The molecule has 138 valence electrons. The molecule has 2 aliphatic heterocycles. The van der Waals surface area contributed by atoms with Crippen molar-refractivity contribution in [2.45, 2.75) is 31.5 Å². The van der Waals surface area contributed by atoms with Crippen LogP contribution in [0.1, 0.15) is 30.0 Å². The van der Waals surface area contributed by atoms with E-state index in [9.17, 15) is 0 Å². The molecule has 0 aliphatic carbocycles. The molecule has 4 rings (SSSR count). The Morgan fingerprint density at radius 1 is 1.12 bits per heavy atom. The molecular formula is C21H26N2O3. The van der Waals surface area contributed by atoms with Gasteiger partial charge >= 0.3 is 0 Å². The maximum Gasteiger partial charge on any atom is 0.169 e. The van der Waals surface area contributed by atoms with Crippen molar-refractivity contribution < 1.29 is 14.2 Å². The molecule has 2 atom stereocenters. The third-order valence-electron chi connectivity index (χ3n) is 5.27. The van der Waals surface area contributed by atoms with Crippen LogP contribution in [0.25, 0.3) is 0 Å². The predicted octanol–water partition coefficient (Wildman–Crippen LogP) is 3.13. The summed E-state index contributed by atoms with van der Waals surface area (Å²) in [4.78, 5) is 2.44. The van der Waals surface area contributed by atoms with E-state index >= 15 is 0 Å². The van der Waals surface area contributed by atoms with Gasteiger partial charge in [-0.15, -0.1) is 0 Å². The van der Waals surface area contributed by atoms with Gasteiger partial charge in [0.15, 0.2) is 11.5 Å². The van der Waals surface area contributed by atoms with Gasteiger partial charge in [0, 0.05) is 12.6 Å². The number of piperidine rings is 1. The Hall–Kier alpha value is -2.24. The van der Waals surface area contributed by atoms with E-state index in [1.165, 1.54) is 5.56 Å². The third-order valence-corrected chi connectivity index (χ3v) is 5.27. The normalized spacial score (nSPS) is 22.8. The monoisotopic (exact) mass is 354 g/mol. The van der Waals surface area contributed by atoms with Crippen molar-refractivity contribution in [3.05, 3.63) is 53.6 Å². The number of likely N-dealkylation sites (tertiary alicyclic amines) is 1. The van der Waals surface area contributed by atoms with Gasteiger partial charge in [-0.3, -0.25) is 4.90 Å². The second kappa shape index (κ2) is 7.56. The molecule has 0 unspecified atom stereocenters. The van der Waals surface area contributed by atoms with Crippen LogP contribution in [0.2, 0.25) is 0 Å². The fourth-order valence-corrected chi connectivity index (χ4v) is 4.08. The molecule has 2 aromatic carbocycles. The van der Waals surface area contributed by atoms with E-state index in [0.717, 1.165) is 48.7 Å². The van der Waals surface area contributed by atoms with Crippen LogP contribution in [0.4, 0.5) is 0 Å². The number of ether oxygens (including phenoxy) is 3. The highest BCUT2D eigenvalue weighted by molar-refractivity contribution is 5.54. The van der Waals surface area contributed by atoms with E-state index in [2.05, 4.69) is 29.2 Å². The summed E-state index contributed by atoms with van der Waals surface area (Å²) >= 11 is 0. The van der Waals surface area contributed by atoms with Crippen LogP contribution < -0.4 is 19.9 Å². The first-order valence-corrected chi connectivity index (χ1v) is 9.28. The predicted molar refractivity (Wildman–Crippen MR) is 101 cm³/mol. The van der Waals surface area contributed by atoms with E-state index in [0.29, 0.717) is 13.2 Å². The zero-order valence-corrected chi connectivity index (χ0v) is 15.2. The summed E-state index contributed by atoms with van der Waals surface area (Å²) in [6, 6.07) is 14.7. The molecule has 0 spiro atoms. The zero-order chi connectivity index (χ0) is 17.9. The molecule has 2 N–H and O–H groups in total. The van der Waals surface area contributed by atoms with Crippen molar-refractivity contribution in [3.8, 4) is 17.2 Å². The van der Waals surface area contributed by atoms with E-state index in [1.807, 2.05) is 18.2 Å². The van der Waals surface area contributed by atoms with Crippen LogP contribution in [-0.4, -0.2) is 37.8 Å². The lowest BCUT2D eigenvalue weighted by atomic mass is 9.90. The first-order valence-electron chi connectivity index (χ1n) is 9.28. The first-order chi connectivity index (χ1) is 12.8. The summed E-state index contributed by atoms with van der Waals surface area (Å²) in [6.45, 7) is 2.87. The summed E-state index contributed by atoms with van der Waals surface area (Å²) in [6.07, 6.45) is 2.14. The molecule has 2 aliphatic rings. The third kappa shape index (κ3) is 3.24. The number of rotatable bonds is 4. The quantitative estimate of drug-likeness (QED) is 0.914. The van der Waals surface area contributed by atoms with Crippen LogP contribution >= 0.6 is 0 Å². The molecule has 0 amide bonds. The highest BCUT2D eigenvalue weighted by atomic mass is 16.6. The van der Waals surface area contributed by atoms with Gasteiger partial charge in [0.1, 0.15) is 19.0 Å². The van der Waals surface area contributed by atoms with E-state index in [1.54, 1.807) is 7.11 Å². The van der Waals surface area contributed by atoms with Crippen LogP contribution in [0, 0.1) is 0 Å². The molecule has 2 aromatic rings. The fourth-order valence-electron chi connectivity index (χ4n) is 4.08. The highest BCUT2D eigenvalue weighted by Crippen LogP contribution is 2.42. The number of fused-ring (bicyclic) bond motifs is 1. The van der Waals surface area contributed by atoms with E-state index < -0.39 is 0 Å². The number of nitrogens with zero attached hydrogens (tertiary/aromatic N) is 1. The number of methoxy groups -OCH3 is 1. The topological polar surface area (TPSA) is 57.0 Å². The lowest BCUT2D eigenvalue weighted by molar-refractivity contribution is 0.114. The molecule has 26 heavy (non-hydrogen) atoms. The largest absolute Gasteiger partial charge is 0.496 e. The second-order valence-electron chi connectivity index (χ2n) is 6.90. The first kappa shape index (κ1) is 17.2. The van der Waals surface area contributed by atoms with Gasteiger partial charge in [-0.2, -0.15) is 0 Å². The van der Waals surface area contributed by atoms with Crippen molar-refractivity contribution in [2.24, 2.45) is 5.73 Å². The summed E-state index contributed by atoms with van der Waals surface area (Å²) in [7, 11) is 1.70. The Bertz CT molecular complexity index is 750. The van der Waals surface area contributed by atoms with Crippen LogP contribution in [0.15, 0.2) is 42.5 Å². The second-order valence-corrected chi connectivity index (χ2v) is 6.90. The summed E-state index contributed by atoms with van der Waals surface area (Å²) in [5.41, 5.74) is 8.84. The Kier molecular flexibility index (Phi) is 5.00. The molecular weight excluding hydrogens is 328 g/mol. The maximum atomic E-state index is 6.53. The van der Waals surface area contributed by atoms with Crippen LogP contribution in [0.5, 0.6) is 17.2 Å². The summed E-state index contributed by atoms with van der Waals surface area (Å²) < 4.78 is 17.3. The Labute approximate surface area is 154 Å². The smallest absolute Gasteiger partial charge is 0.169 e. The van der Waals surface area contributed by atoms with Gasteiger partial charge in [0.05, 0.1) is 18.7 Å². The van der Waals surface area contributed by atoms with Crippen molar-refractivity contribution in [1.82, 2.24) is 4.90 Å². The van der Waals surface area contributed by atoms with Gasteiger partial charge in [0.25, 0.3) is 0 Å². The summed E-state index contributed by atoms with van der Waals surface area (Å²) in [5.74, 6) is 2.44. The molecule has 5 heteroatoms. The Balaban J connectivity index is 1.69. The van der Waals surface area contributed by atoms with E-state index in [4.69, 9.17) is 19.9 Å². The molecule has 0 aromatic heterocycles. The summed E-state index contributed by atoms with van der Waals surface area (Å²) in [5, 5.41) is 0. The molecule has 1 saturated heterocycles. The molecule has 1 fully saturated rings. The molecule has 5 nitrogen and oxygen atoms in total. The maximum absolute atomic E-state index is 6.53. The van der Waals surface area contributed by atoms with Crippen molar-refractivity contribution in [2.75, 3.05) is 26.9 Å². The minimum absolute atomic E-state index is 0.119. The zero-order valence-electron chi connectivity index (χ0n) is 15.2. The number of hydrogen-bond donors (Lipinski definition) is 1. The van der Waals surface area contributed by atoms with Crippen molar-refractivity contribution >= 4 is 0 Å². The van der Waals surface area contributed by atoms with Crippen molar-refractivity contribution in [3.63, 3.8) is 0 Å². The lowest BCUT2D eigenvalue weighted by Gasteiger charge is -2.40. The van der Waals surface area contributed by atoms with E-state index in [-0.39, 0.29) is 12.1 Å². The van der Waals surface area contributed by atoms with Crippen LogP contribution in [-0.2, 0) is 6.54 Å². The molecule has 0 bridgehead atoms. The number of hydrogen-bond acceptors (Lipinski definition) is 5. The average molecular weight is 354 g/mol. The van der Waals surface area contributed by atoms with Gasteiger partial charge in [0.2, 0.25) is 0 Å². The molecule has 0 saturated carbocycles. The van der Waals surface area contributed by atoms with Crippen molar-refractivity contribution in [1.29, 1.82) is 0 Å². The SMILES string of the molecule is COc1ccc2c(c1CN1CCC[C@H](N)[C@@H]1c1ccccc1)OCCO2. The Morgan fingerprint density at radius 2 is 1.92 bits per heavy atom. The van der Waals surface area contributed by atoms with Gasteiger partial charge < -0.3 is 19.9 Å². The van der Waals surface area contributed by atoms with Crippen LogP contribution in [0.3, 0.4) is 0 Å². The van der Waals surface area contributed by atoms with Gasteiger partial charge in [-0.1, -0.05) is 30.3 Å². The average Bonchev–Trinajstić information content (AvgIpc) is 2.69. The highest BCUT2D eigenvalue weighted by Gasteiger charge is 2.32. The van der Waals surface area contributed by atoms with Gasteiger partial charge in [-0.25, -0.2) is 0 Å². The minimum atomic E-state index is 0.119. The minimum Gasteiger partial charge on any atom is -0.496 e. The number of nitrogens with two attached hydrogens (primary N) is 1. The standard InChI is InChI=1S/C21H26N2O3/c1-24-18-9-10-19-21(26-13-12-25-19)16(18)14-23-11-5-8-17(22)20(23)15-6-3-2-4-7-15/h2-4,6-7,9-10,17,20H,5,8,11-14,22H2,1H3/t17-,20-/m0/s1. The number of benzene rings is 2. The molecule has 2 heterocycles. The fraction of sp³-hybridized carbons (Fsp3) is 0.429. The lowest BCUT2D eigenvalue weighted by Crippen LogP contribution is -2.45. The molecule has 0 radical (unpaired) electrons. The van der Waals surface area contributed by atoms with Gasteiger partial charge in [-0.05, 0) is 37.1 Å².